The monoisotopic (exact) mass is 300 g/mol. The van der Waals surface area contributed by atoms with E-state index in [1.54, 1.807) is 18.2 Å². The van der Waals surface area contributed by atoms with Gasteiger partial charge >= 0.3 is 0 Å². The number of Topliss-reactive ketones (excluding diaryl/α,β-unsaturated/α-hetero) is 1. The van der Waals surface area contributed by atoms with Crippen LogP contribution in [-0.2, 0) is 11.2 Å². The van der Waals surface area contributed by atoms with Crippen molar-refractivity contribution >= 4 is 29.0 Å². The maximum Gasteiger partial charge on any atom is 0.151 e. The van der Waals surface area contributed by atoms with Gasteiger partial charge in [-0.3, -0.25) is 9.69 Å². The summed E-state index contributed by atoms with van der Waals surface area (Å²) in [6, 6.07) is 5.50. The Morgan fingerprint density at radius 1 is 1.32 bits per heavy atom. The van der Waals surface area contributed by atoms with Crippen LogP contribution >= 0.6 is 23.2 Å². The summed E-state index contributed by atoms with van der Waals surface area (Å²) in [5, 5.41) is 1.20. The first-order valence-electron chi connectivity index (χ1n) is 6.48. The predicted octanol–water partition coefficient (Wildman–Crippen LogP) is 2.53. The van der Waals surface area contributed by atoms with Gasteiger partial charge in [0.1, 0.15) is 0 Å². The van der Waals surface area contributed by atoms with E-state index in [0.717, 1.165) is 31.5 Å². The molecule has 0 atom stereocenters. The number of carbonyl (C=O) groups excluding carboxylic acids is 1. The fourth-order valence-electron chi connectivity index (χ4n) is 2.31. The van der Waals surface area contributed by atoms with E-state index in [0.29, 0.717) is 23.0 Å². The molecule has 1 aliphatic rings. The first-order chi connectivity index (χ1) is 9.04. The Bertz CT molecular complexity index is 457. The Labute approximate surface area is 123 Å². The summed E-state index contributed by atoms with van der Waals surface area (Å²) in [5.41, 5.74) is 6.64. The van der Waals surface area contributed by atoms with Gasteiger partial charge in [-0.15, -0.1) is 0 Å². The van der Waals surface area contributed by atoms with Crippen LogP contribution in [0.4, 0.5) is 0 Å². The smallest absolute Gasteiger partial charge is 0.151 e. The largest absolute Gasteiger partial charge is 0.328 e. The molecule has 0 bridgehead atoms. The molecule has 0 saturated carbocycles. The molecule has 5 heteroatoms. The van der Waals surface area contributed by atoms with Crippen molar-refractivity contribution in [2.45, 2.75) is 25.3 Å². The van der Waals surface area contributed by atoms with Crippen LogP contribution in [0.25, 0.3) is 0 Å². The van der Waals surface area contributed by atoms with Crippen LogP contribution in [0.2, 0.25) is 10.0 Å². The molecule has 0 aromatic heterocycles. The van der Waals surface area contributed by atoms with Crippen molar-refractivity contribution in [2.24, 2.45) is 5.73 Å². The Morgan fingerprint density at radius 2 is 2.00 bits per heavy atom. The molecule has 0 spiro atoms. The van der Waals surface area contributed by atoms with Gasteiger partial charge < -0.3 is 5.73 Å². The van der Waals surface area contributed by atoms with E-state index in [-0.39, 0.29) is 11.8 Å². The van der Waals surface area contributed by atoms with Crippen molar-refractivity contribution in [3.8, 4) is 0 Å². The molecular weight excluding hydrogens is 283 g/mol. The lowest BCUT2D eigenvalue weighted by Crippen LogP contribution is -2.42. The van der Waals surface area contributed by atoms with E-state index in [2.05, 4.69) is 4.90 Å². The van der Waals surface area contributed by atoms with E-state index < -0.39 is 0 Å². The summed E-state index contributed by atoms with van der Waals surface area (Å²) in [5.74, 6) is 0.166. The average molecular weight is 301 g/mol. The van der Waals surface area contributed by atoms with Gasteiger partial charge in [-0.2, -0.15) is 0 Å². The summed E-state index contributed by atoms with van der Waals surface area (Å²) in [7, 11) is 0. The summed E-state index contributed by atoms with van der Waals surface area (Å²) < 4.78 is 0. The van der Waals surface area contributed by atoms with Crippen LogP contribution in [0.15, 0.2) is 18.2 Å². The van der Waals surface area contributed by atoms with Crippen molar-refractivity contribution < 1.29 is 4.79 Å². The second-order valence-electron chi connectivity index (χ2n) is 5.06. The van der Waals surface area contributed by atoms with Gasteiger partial charge in [-0.25, -0.2) is 0 Å². The van der Waals surface area contributed by atoms with Gasteiger partial charge in [0, 0.05) is 35.6 Å². The first kappa shape index (κ1) is 14.8. The van der Waals surface area contributed by atoms with Gasteiger partial charge in [0.15, 0.2) is 5.78 Å². The molecule has 1 heterocycles. The molecular formula is C14H18Cl2N2O. The number of rotatable bonds is 4. The third-order valence-electron chi connectivity index (χ3n) is 3.43. The topological polar surface area (TPSA) is 46.3 Å². The molecule has 2 rings (SSSR count). The van der Waals surface area contributed by atoms with Crippen LogP contribution in [0.1, 0.15) is 18.4 Å². The zero-order valence-electron chi connectivity index (χ0n) is 10.7. The number of piperidine rings is 1. The second-order valence-corrected chi connectivity index (χ2v) is 5.91. The van der Waals surface area contributed by atoms with Crippen molar-refractivity contribution in [3.05, 3.63) is 33.8 Å². The molecule has 19 heavy (non-hydrogen) atoms. The molecule has 1 saturated heterocycles. The van der Waals surface area contributed by atoms with E-state index in [1.165, 1.54) is 0 Å². The molecule has 0 radical (unpaired) electrons. The predicted molar refractivity (Wildman–Crippen MR) is 78.8 cm³/mol. The highest BCUT2D eigenvalue weighted by molar-refractivity contribution is 6.33. The highest BCUT2D eigenvalue weighted by Gasteiger charge is 2.18. The van der Waals surface area contributed by atoms with Crippen LogP contribution < -0.4 is 5.73 Å². The van der Waals surface area contributed by atoms with Crippen molar-refractivity contribution in [1.29, 1.82) is 0 Å². The fraction of sp³-hybridized carbons (Fsp3) is 0.500. The lowest BCUT2D eigenvalue weighted by atomic mass is 10.0. The molecule has 1 fully saturated rings. The van der Waals surface area contributed by atoms with E-state index in [9.17, 15) is 4.79 Å². The summed E-state index contributed by atoms with van der Waals surface area (Å²) in [6.07, 6.45) is 2.26. The molecule has 0 aliphatic carbocycles. The van der Waals surface area contributed by atoms with E-state index in [1.807, 2.05) is 0 Å². The van der Waals surface area contributed by atoms with Gasteiger partial charge in [-0.05, 0) is 36.6 Å². The maximum atomic E-state index is 12.1. The minimum Gasteiger partial charge on any atom is -0.328 e. The van der Waals surface area contributed by atoms with Crippen LogP contribution in [0.5, 0.6) is 0 Å². The van der Waals surface area contributed by atoms with Crippen LogP contribution in [0.3, 0.4) is 0 Å². The summed E-state index contributed by atoms with van der Waals surface area (Å²) in [6.45, 7) is 2.27. The molecule has 1 aliphatic heterocycles. The number of benzene rings is 1. The zero-order chi connectivity index (χ0) is 13.8. The number of likely N-dealkylation sites (tertiary alicyclic amines) is 1. The summed E-state index contributed by atoms with van der Waals surface area (Å²) >= 11 is 12.0. The van der Waals surface area contributed by atoms with Gasteiger partial charge in [-0.1, -0.05) is 23.2 Å². The Balaban J connectivity index is 1.89. The molecule has 0 amide bonds. The minimum absolute atomic E-state index is 0.166. The number of nitrogens with zero attached hydrogens (tertiary/aromatic N) is 1. The number of hydrogen-bond acceptors (Lipinski definition) is 3. The quantitative estimate of drug-likeness (QED) is 0.929. The highest BCUT2D eigenvalue weighted by Crippen LogP contribution is 2.21. The lowest BCUT2D eigenvalue weighted by molar-refractivity contribution is -0.119. The number of ketones is 1. The van der Waals surface area contributed by atoms with Gasteiger partial charge in [0.25, 0.3) is 0 Å². The Morgan fingerprint density at radius 3 is 2.68 bits per heavy atom. The van der Waals surface area contributed by atoms with Crippen LogP contribution in [0, 0.1) is 0 Å². The Kier molecular flexibility index (Phi) is 5.22. The number of nitrogens with two attached hydrogens (primary N) is 1. The highest BCUT2D eigenvalue weighted by atomic mass is 35.5. The molecule has 2 N–H and O–H groups in total. The zero-order valence-corrected chi connectivity index (χ0v) is 12.3. The molecule has 0 unspecified atom stereocenters. The lowest BCUT2D eigenvalue weighted by Gasteiger charge is -2.29. The van der Waals surface area contributed by atoms with E-state index in [4.69, 9.17) is 28.9 Å². The third-order valence-corrected chi connectivity index (χ3v) is 4.03. The molecule has 1 aromatic rings. The second kappa shape index (κ2) is 6.71. The summed E-state index contributed by atoms with van der Waals surface area (Å²) in [4.78, 5) is 14.2. The van der Waals surface area contributed by atoms with E-state index >= 15 is 0 Å². The van der Waals surface area contributed by atoms with Gasteiger partial charge in [0.2, 0.25) is 0 Å². The fourth-order valence-corrected chi connectivity index (χ4v) is 2.69. The SMILES string of the molecule is NC1CCN(CC(=O)Cc2cc(Cl)ccc2Cl)CC1. The standard InChI is InChI=1S/C14H18Cl2N2O/c15-11-1-2-14(16)10(7-11)8-13(19)9-18-5-3-12(17)4-6-18/h1-2,7,12H,3-6,8-9,17H2. The number of hydrogen-bond donors (Lipinski definition) is 1. The Hall–Kier alpha value is -0.610. The molecule has 104 valence electrons. The average Bonchev–Trinajstić information content (AvgIpc) is 2.37. The van der Waals surface area contributed by atoms with Crippen molar-refractivity contribution in [1.82, 2.24) is 4.90 Å². The van der Waals surface area contributed by atoms with Crippen LogP contribution in [-0.4, -0.2) is 36.4 Å². The number of carbonyl (C=O) groups is 1. The molecule has 1 aromatic carbocycles. The molecule has 3 nitrogen and oxygen atoms in total. The number of halogens is 2. The normalized spacial score (nSPS) is 17.6. The minimum atomic E-state index is 0.166. The van der Waals surface area contributed by atoms with Crippen molar-refractivity contribution in [2.75, 3.05) is 19.6 Å². The van der Waals surface area contributed by atoms with Crippen molar-refractivity contribution in [3.63, 3.8) is 0 Å². The third kappa shape index (κ3) is 4.46. The first-order valence-corrected chi connectivity index (χ1v) is 7.24. The van der Waals surface area contributed by atoms with Gasteiger partial charge in [0.05, 0.1) is 6.54 Å². The maximum absolute atomic E-state index is 12.1.